The molecule has 4 nitrogen and oxygen atoms in total. The molecule has 0 unspecified atom stereocenters. The molecule has 0 aliphatic heterocycles. The van der Waals surface area contributed by atoms with Crippen LogP contribution in [0.4, 0.5) is 5.69 Å². The Kier molecular flexibility index (Phi) is 2.42. The zero-order valence-corrected chi connectivity index (χ0v) is 9.78. The minimum atomic E-state index is -0.425. The Labute approximate surface area is 95.5 Å². The van der Waals surface area contributed by atoms with Crippen molar-refractivity contribution < 1.29 is 9.66 Å². The van der Waals surface area contributed by atoms with Crippen LogP contribution in [0.2, 0.25) is 0 Å². The first-order chi connectivity index (χ1) is 7.00. The summed E-state index contributed by atoms with van der Waals surface area (Å²) in [6.45, 7) is 1.96. The van der Waals surface area contributed by atoms with Crippen LogP contribution in [0.25, 0.3) is 0 Å². The molecule has 1 aliphatic rings. The summed E-state index contributed by atoms with van der Waals surface area (Å²) in [5.41, 5.74) is -0.184. The van der Waals surface area contributed by atoms with Gasteiger partial charge in [0.1, 0.15) is 5.60 Å². The van der Waals surface area contributed by atoms with Gasteiger partial charge in [-0.2, -0.15) is 0 Å². The molecule has 0 atom stereocenters. The van der Waals surface area contributed by atoms with Gasteiger partial charge in [-0.1, -0.05) is 15.9 Å². The van der Waals surface area contributed by atoms with Crippen molar-refractivity contribution in [3.63, 3.8) is 0 Å². The Morgan fingerprint density at radius 3 is 2.73 bits per heavy atom. The highest BCUT2D eigenvalue weighted by atomic mass is 79.9. The van der Waals surface area contributed by atoms with Crippen LogP contribution in [0, 0.1) is 10.1 Å². The largest absolute Gasteiger partial charge is 0.481 e. The van der Waals surface area contributed by atoms with Gasteiger partial charge in [0, 0.05) is 10.5 Å². The number of ether oxygens (including phenoxy) is 1. The lowest BCUT2D eigenvalue weighted by atomic mass is 10.3. The van der Waals surface area contributed by atoms with Crippen LogP contribution in [0.5, 0.6) is 5.75 Å². The second-order valence-electron chi connectivity index (χ2n) is 3.92. The van der Waals surface area contributed by atoms with E-state index in [1.807, 2.05) is 6.92 Å². The second kappa shape index (κ2) is 3.48. The second-order valence-corrected chi connectivity index (χ2v) is 4.84. The summed E-state index contributed by atoms with van der Waals surface area (Å²) in [5.74, 6) is 0.350. The fourth-order valence-corrected chi connectivity index (χ4v) is 1.61. The molecule has 1 saturated carbocycles. The molecule has 0 spiro atoms. The first-order valence-electron chi connectivity index (χ1n) is 4.63. The van der Waals surface area contributed by atoms with Gasteiger partial charge in [0.15, 0.2) is 5.75 Å². The predicted molar refractivity (Wildman–Crippen MR) is 59.1 cm³/mol. The van der Waals surface area contributed by atoms with Gasteiger partial charge in [0.2, 0.25) is 0 Å². The van der Waals surface area contributed by atoms with E-state index in [0.717, 1.165) is 12.8 Å². The molecule has 1 aromatic rings. The van der Waals surface area contributed by atoms with Gasteiger partial charge < -0.3 is 4.74 Å². The van der Waals surface area contributed by atoms with Crippen molar-refractivity contribution >= 4 is 21.6 Å². The van der Waals surface area contributed by atoms with E-state index in [-0.39, 0.29) is 11.3 Å². The maximum absolute atomic E-state index is 10.8. The standard InChI is InChI=1S/C10H10BrNO3/c1-10(4-5-10)15-9-3-2-7(11)6-8(9)12(13)14/h2-3,6H,4-5H2,1H3. The molecular weight excluding hydrogens is 262 g/mol. The van der Waals surface area contributed by atoms with Gasteiger partial charge in [0.25, 0.3) is 0 Å². The van der Waals surface area contributed by atoms with Gasteiger partial charge in [-0.3, -0.25) is 10.1 Å². The van der Waals surface area contributed by atoms with E-state index in [4.69, 9.17) is 4.74 Å². The van der Waals surface area contributed by atoms with Crippen LogP contribution in [0.1, 0.15) is 19.8 Å². The SMILES string of the molecule is CC1(Oc2ccc(Br)cc2[N+](=O)[O-])CC1. The zero-order chi connectivity index (χ0) is 11.1. The molecule has 0 aromatic heterocycles. The molecule has 1 aromatic carbocycles. The average molecular weight is 272 g/mol. The van der Waals surface area contributed by atoms with Crippen LogP contribution < -0.4 is 4.74 Å². The summed E-state index contributed by atoms with van der Waals surface area (Å²) in [5, 5.41) is 10.8. The molecule has 0 amide bonds. The number of hydrogen-bond acceptors (Lipinski definition) is 3. The van der Waals surface area contributed by atoms with E-state index < -0.39 is 4.92 Å². The molecule has 0 saturated heterocycles. The molecule has 80 valence electrons. The molecule has 15 heavy (non-hydrogen) atoms. The third-order valence-corrected chi connectivity index (χ3v) is 2.92. The lowest BCUT2D eigenvalue weighted by molar-refractivity contribution is -0.386. The Bertz CT molecular complexity index is 415. The third kappa shape index (κ3) is 2.28. The Balaban J connectivity index is 2.32. The lowest BCUT2D eigenvalue weighted by Crippen LogP contribution is -2.13. The summed E-state index contributed by atoms with van der Waals surface area (Å²) in [7, 11) is 0. The van der Waals surface area contributed by atoms with Crippen molar-refractivity contribution in [2.24, 2.45) is 0 Å². The summed E-state index contributed by atoms with van der Waals surface area (Å²) < 4.78 is 6.28. The molecule has 1 aliphatic carbocycles. The van der Waals surface area contributed by atoms with Crippen molar-refractivity contribution in [3.8, 4) is 5.75 Å². The van der Waals surface area contributed by atoms with E-state index in [2.05, 4.69) is 15.9 Å². The highest BCUT2D eigenvalue weighted by Gasteiger charge is 2.41. The predicted octanol–water partition coefficient (Wildman–Crippen LogP) is 3.29. The molecule has 0 radical (unpaired) electrons. The maximum Gasteiger partial charge on any atom is 0.312 e. The summed E-state index contributed by atoms with van der Waals surface area (Å²) >= 11 is 3.20. The molecular formula is C10H10BrNO3. The highest BCUT2D eigenvalue weighted by molar-refractivity contribution is 9.10. The van der Waals surface area contributed by atoms with Crippen LogP contribution in [-0.2, 0) is 0 Å². The van der Waals surface area contributed by atoms with E-state index in [1.165, 1.54) is 6.07 Å². The molecule has 0 bridgehead atoms. The first-order valence-corrected chi connectivity index (χ1v) is 5.42. The fraction of sp³-hybridized carbons (Fsp3) is 0.400. The van der Waals surface area contributed by atoms with Gasteiger partial charge in [-0.25, -0.2) is 0 Å². The molecule has 5 heteroatoms. The number of nitrogens with zero attached hydrogens (tertiary/aromatic N) is 1. The van der Waals surface area contributed by atoms with Crippen molar-refractivity contribution in [1.29, 1.82) is 0 Å². The van der Waals surface area contributed by atoms with E-state index in [1.54, 1.807) is 12.1 Å². The average Bonchev–Trinajstić information content (AvgIpc) is 2.87. The van der Waals surface area contributed by atoms with Crippen LogP contribution in [0.3, 0.4) is 0 Å². The van der Waals surface area contributed by atoms with Crippen molar-refractivity contribution in [2.75, 3.05) is 0 Å². The topological polar surface area (TPSA) is 52.4 Å². The van der Waals surface area contributed by atoms with Gasteiger partial charge in [-0.05, 0) is 31.9 Å². The van der Waals surface area contributed by atoms with Crippen molar-refractivity contribution in [2.45, 2.75) is 25.4 Å². The van der Waals surface area contributed by atoms with Crippen LogP contribution >= 0.6 is 15.9 Å². The van der Waals surface area contributed by atoms with E-state index in [9.17, 15) is 10.1 Å². The first kappa shape index (κ1) is 10.4. The van der Waals surface area contributed by atoms with Crippen molar-refractivity contribution in [3.05, 3.63) is 32.8 Å². The number of hydrogen-bond donors (Lipinski definition) is 0. The fourth-order valence-electron chi connectivity index (χ4n) is 1.26. The monoisotopic (exact) mass is 271 g/mol. The van der Waals surface area contributed by atoms with Gasteiger partial charge in [-0.15, -0.1) is 0 Å². The van der Waals surface area contributed by atoms with E-state index >= 15 is 0 Å². The number of nitro benzene ring substituents is 1. The summed E-state index contributed by atoms with van der Waals surface area (Å²) in [6, 6.07) is 4.83. The lowest BCUT2D eigenvalue weighted by Gasteiger charge is -2.12. The quantitative estimate of drug-likeness (QED) is 0.626. The number of nitro groups is 1. The number of rotatable bonds is 3. The van der Waals surface area contributed by atoms with Gasteiger partial charge in [0.05, 0.1) is 4.92 Å². The molecule has 0 heterocycles. The number of benzene rings is 1. The Hall–Kier alpha value is -1.10. The Morgan fingerprint density at radius 1 is 1.53 bits per heavy atom. The third-order valence-electron chi connectivity index (χ3n) is 2.43. The Morgan fingerprint density at radius 2 is 2.20 bits per heavy atom. The molecule has 1 fully saturated rings. The normalized spacial score (nSPS) is 17.2. The minimum absolute atomic E-state index is 0.0116. The summed E-state index contributed by atoms with van der Waals surface area (Å²) in [4.78, 5) is 10.4. The molecule has 2 rings (SSSR count). The number of halogens is 1. The minimum Gasteiger partial charge on any atom is -0.481 e. The zero-order valence-electron chi connectivity index (χ0n) is 8.20. The van der Waals surface area contributed by atoms with E-state index in [0.29, 0.717) is 10.2 Å². The maximum atomic E-state index is 10.8. The van der Waals surface area contributed by atoms with Crippen LogP contribution in [-0.4, -0.2) is 10.5 Å². The van der Waals surface area contributed by atoms with Crippen LogP contribution in [0.15, 0.2) is 22.7 Å². The van der Waals surface area contributed by atoms with Crippen molar-refractivity contribution in [1.82, 2.24) is 0 Å². The summed E-state index contributed by atoms with van der Waals surface area (Å²) in [6.07, 6.45) is 1.92. The highest BCUT2D eigenvalue weighted by Crippen LogP contribution is 2.42. The van der Waals surface area contributed by atoms with Gasteiger partial charge >= 0.3 is 5.69 Å². The molecule has 0 N–H and O–H groups in total. The smallest absolute Gasteiger partial charge is 0.312 e.